The summed E-state index contributed by atoms with van der Waals surface area (Å²) in [5.74, 6) is -1.09. The minimum atomic E-state index is -1.15. The van der Waals surface area contributed by atoms with Gasteiger partial charge in [0.05, 0.1) is 5.56 Å². The number of carboxylic acid groups (broad SMARTS) is 1. The number of fused-ring (bicyclic) bond motifs is 1. The van der Waals surface area contributed by atoms with Crippen molar-refractivity contribution in [3.05, 3.63) is 59.2 Å². The summed E-state index contributed by atoms with van der Waals surface area (Å²) in [6.45, 7) is 8.34. The third kappa shape index (κ3) is 3.43. The van der Waals surface area contributed by atoms with Crippen LogP contribution in [-0.2, 0) is 5.41 Å². The summed E-state index contributed by atoms with van der Waals surface area (Å²) < 4.78 is 11.4. The first kappa shape index (κ1) is 18.0. The van der Waals surface area contributed by atoms with Crippen molar-refractivity contribution >= 4 is 11.9 Å². The molecule has 0 radical (unpaired) electrons. The lowest BCUT2D eigenvalue weighted by atomic mass is 9.73. The first-order valence-corrected chi connectivity index (χ1v) is 8.47. The van der Waals surface area contributed by atoms with Crippen LogP contribution in [0, 0.1) is 0 Å². The second kappa shape index (κ2) is 6.16. The van der Waals surface area contributed by atoms with Crippen molar-refractivity contribution in [3.8, 4) is 11.5 Å². The van der Waals surface area contributed by atoms with E-state index < -0.39 is 11.9 Å². The molecule has 0 saturated carbocycles. The number of para-hydroxylation sites is 1. The topological polar surface area (TPSA) is 72.8 Å². The summed E-state index contributed by atoms with van der Waals surface area (Å²) in [6.07, 6.45) is 0.864. The first-order valence-electron chi connectivity index (χ1n) is 8.47. The van der Waals surface area contributed by atoms with Gasteiger partial charge in [0.1, 0.15) is 22.7 Å². The fraction of sp³-hybridized carbons (Fsp3) is 0.333. The zero-order chi connectivity index (χ0) is 19.1. The van der Waals surface area contributed by atoms with Crippen molar-refractivity contribution in [2.45, 2.75) is 45.1 Å². The van der Waals surface area contributed by atoms with Gasteiger partial charge in [-0.3, -0.25) is 0 Å². The Bertz CT molecular complexity index is 880. The molecule has 3 rings (SSSR count). The molecule has 0 unspecified atom stereocenters. The molecule has 1 aliphatic heterocycles. The third-order valence-corrected chi connectivity index (χ3v) is 4.52. The molecule has 0 bridgehead atoms. The average Bonchev–Trinajstić information content (AvgIpc) is 2.52. The summed E-state index contributed by atoms with van der Waals surface area (Å²) in [4.78, 5) is 23.8. The Morgan fingerprint density at radius 3 is 2.46 bits per heavy atom. The van der Waals surface area contributed by atoms with E-state index in [2.05, 4.69) is 13.8 Å². The molecule has 136 valence electrons. The fourth-order valence-electron chi connectivity index (χ4n) is 3.68. The lowest BCUT2D eigenvalue weighted by molar-refractivity contribution is 0.0526. The zero-order valence-corrected chi connectivity index (χ0v) is 15.3. The molecule has 0 aromatic heterocycles. The molecule has 0 saturated heterocycles. The van der Waals surface area contributed by atoms with Gasteiger partial charge in [0.2, 0.25) is 0 Å². The van der Waals surface area contributed by atoms with Crippen molar-refractivity contribution in [3.63, 3.8) is 0 Å². The fourth-order valence-corrected chi connectivity index (χ4v) is 3.68. The lowest BCUT2D eigenvalue weighted by Crippen LogP contribution is -2.41. The standard InChI is InChI=1S/C21H22O5/c1-20(2)12-21(3,4)26-17-11-13(9-10-15(17)20)19(24)25-16-8-6-5-7-14(16)18(22)23/h5-11H,12H2,1-4H3,(H,22,23). The van der Waals surface area contributed by atoms with E-state index >= 15 is 0 Å². The highest BCUT2D eigenvalue weighted by Crippen LogP contribution is 2.44. The minimum absolute atomic E-state index is 0.0179. The summed E-state index contributed by atoms with van der Waals surface area (Å²) in [7, 11) is 0. The normalized spacial score (nSPS) is 16.9. The number of benzene rings is 2. The predicted molar refractivity (Wildman–Crippen MR) is 97.2 cm³/mol. The maximum Gasteiger partial charge on any atom is 0.343 e. The molecule has 0 aliphatic carbocycles. The van der Waals surface area contributed by atoms with Gasteiger partial charge >= 0.3 is 11.9 Å². The van der Waals surface area contributed by atoms with E-state index in [9.17, 15) is 14.7 Å². The van der Waals surface area contributed by atoms with E-state index in [1.54, 1.807) is 24.3 Å². The molecule has 2 aromatic rings. The van der Waals surface area contributed by atoms with E-state index in [-0.39, 0.29) is 22.3 Å². The molecule has 0 spiro atoms. The van der Waals surface area contributed by atoms with Crippen molar-refractivity contribution in [1.82, 2.24) is 0 Å². The van der Waals surface area contributed by atoms with Crippen LogP contribution in [0.25, 0.3) is 0 Å². The summed E-state index contributed by atoms with van der Waals surface area (Å²) in [5.41, 5.74) is 0.888. The van der Waals surface area contributed by atoms with Crippen LogP contribution in [0.2, 0.25) is 0 Å². The Kier molecular flexibility index (Phi) is 4.26. The summed E-state index contributed by atoms with van der Waals surface area (Å²) >= 11 is 0. The number of carbonyl (C=O) groups excluding carboxylic acids is 1. The molecule has 1 N–H and O–H groups in total. The van der Waals surface area contributed by atoms with Crippen LogP contribution in [0.4, 0.5) is 0 Å². The first-order chi connectivity index (χ1) is 12.1. The van der Waals surface area contributed by atoms with Crippen molar-refractivity contribution in [1.29, 1.82) is 0 Å². The monoisotopic (exact) mass is 354 g/mol. The maximum atomic E-state index is 12.5. The van der Waals surface area contributed by atoms with Crippen LogP contribution in [0.5, 0.6) is 11.5 Å². The highest BCUT2D eigenvalue weighted by atomic mass is 16.5. The molecule has 0 amide bonds. The second-order valence-electron chi connectivity index (χ2n) is 7.82. The minimum Gasteiger partial charge on any atom is -0.488 e. The van der Waals surface area contributed by atoms with Crippen molar-refractivity contribution in [2.75, 3.05) is 0 Å². The van der Waals surface area contributed by atoms with Crippen LogP contribution >= 0.6 is 0 Å². The molecule has 5 heteroatoms. The summed E-state index contributed by atoms with van der Waals surface area (Å²) in [5, 5.41) is 9.21. The Labute approximate surface area is 152 Å². The molecule has 2 aromatic carbocycles. The molecule has 0 atom stereocenters. The van der Waals surface area contributed by atoms with Crippen molar-refractivity contribution < 1.29 is 24.2 Å². The number of rotatable bonds is 3. The number of esters is 1. The average molecular weight is 354 g/mol. The maximum absolute atomic E-state index is 12.5. The van der Waals surface area contributed by atoms with E-state index in [0.29, 0.717) is 11.3 Å². The zero-order valence-electron chi connectivity index (χ0n) is 15.3. The Hall–Kier alpha value is -2.82. The van der Waals surface area contributed by atoms with Crippen LogP contribution in [0.1, 0.15) is 60.4 Å². The van der Waals surface area contributed by atoms with Gasteiger partial charge in [0, 0.05) is 0 Å². The molecular formula is C21H22O5. The van der Waals surface area contributed by atoms with Gasteiger partial charge in [0.15, 0.2) is 0 Å². The van der Waals surface area contributed by atoms with Gasteiger partial charge in [0.25, 0.3) is 0 Å². The molecular weight excluding hydrogens is 332 g/mol. The SMILES string of the molecule is CC1(C)CC(C)(C)c2ccc(C(=O)Oc3ccccc3C(=O)O)cc2O1. The van der Waals surface area contributed by atoms with Gasteiger partial charge in [-0.2, -0.15) is 0 Å². The molecule has 1 aliphatic rings. The van der Waals surface area contributed by atoms with Gasteiger partial charge in [-0.15, -0.1) is 0 Å². The number of carbonyl (C=O) groups is 2. The highest BCUT2D eigenvalue weighted by molar-refractivity contribution is 5.95. The predicted octanol–water partition coefficient (Wildman–Crippen LogP) is 4.44. The second-order valence-corrected chi connectivity index (χ2v) is 7.82. The van der Waals surface area contributed by atoms with Crippen LogP contribution in [-0.4, -0.2) is 22.6 Å². The van der Waals surface area contributed by atoms with Crippen LogP contribution < -0.4 is 9.47 Å². The van der Waals surface area contributed by atoms with E-state index in [1.807, 2.05) is 19.9 Å². The van der Waals surface area contributed by atoms with E-state index in [0.717, 1.165) is 12.0 Å². The Balaban J connectivity index is 1.92. The number of aromatic carboxylic acids is 1. The number of hydrogen-bond acceptors (Lipinski definition) is 4. The van der Waals surface area contributed by atoms with Gasteiger partial charge in [-0.1, -0.05) is 32.0 Å². The third-order valence-electron chi connectivity index (χ3n) is 4.52. The quantitative estimate of drug-likeness (QED) is 0.651. The van der Waals surface area contributed by atoms with E-state index in [4.69, 9.17) is 9.47 Å². The Morgan fingerprint density at radius 1 is 1.08 bits per heavy atom. The lowest BCUT2D eigenvalue weighted by Gasteiger charge is -2.42. The van der Waals surface area contributed by atoms with Gasteiger partial charge in [-0.25, -0.2) is 9.59 Å². The van der Waals surface area contributed by atoms with Gasteiger partial charge < -0.3 is 14.6 Å². The number of hydrogen-bond donors (Lipinski definition) is 1. The van der Waals surface area contributed by atoms with E-state index in [1.165, 1.54) is 12.1 Å². The van der Waals surface area contributed by atoms with Crippen LogP contribution in [0.15, 0.2) is 42.5 Å². The molecule has 1 heterocycles. The molecule has 26 heavy (non-hydrogen) atoms. The van der Waals surface area contributed by atoms with Gasteiger partial charge in [-0.05, 0) is 55.5 Å². The molecule has 5 nitrogen and oxygen atoms in total. The van der Waals surface area contributed by atoms with Crippen molar-refractivity contribution in [2.24, 2.45) is 0 Å². The number of carboxylic acids is 1. The highest BCUT2D eigenvalue weighted by Gasteiger charge is 2.39. The van der Waals surface area contributed by atoms with Crippen LogP contribution in [0.3, 0.4) is 0 Å². The summed E-state index contributed by atoms with van der Waals surface area (Å²) in [6, 6.07) is 11.3. The number of ether oxygens (including phenoxy) is 2. The molecule has 0 fully saturated rings. The Morgan fingerprint density at radius 2 is 1.77 bits per heavy atom. The largest absolute Gasteiger partial charge is 0.488 e. The smallest absolute Gasteiger partial charge is 0.343 e.